The summed E-state index contributed by atoms with van der Waals surface area (Å²) in [7, 11) is 0. The summed E-state index contributed by atoms with van der Waals surface area (Å²) in [5.74, 6) is -0.330. The van der Waals surface area contributed by atoms with E-state index in [0.717, 1.165) is 30.5 Å². The van der Waals surface area contributed by atoms with Crippen LogP contribution in [0.3, 0.4) is 0 Å². The largest absolute Gasteiger partial charge is 0.336 e. The highest BCUT2D eigenvalue weighted by molar-refractivity contribution is 5.98. The minimum Gasteiger partial charge on any atom is -0.336 e. The number of hydrogen-bond donors (Lipinski definition) is 0. The number of nitrogens with zero attached hydrogens (tertiary/aromatic N) is 2. The van der Waals surface area contributed by atoms with Gasteiger partial charge < -0.3 is 9.80 Å². The summed E-state index contributed by atoms with van der Waals surface area (Å²) in [6.07, 6.45) is 1.98. The molecule has 2 aliphatic heterocycles. The van der Waals surface area contributed by atoms with E-state index in [0.29, 0.717) is 12.1 Å². The van der Waals surface area contributed by atoms with Gasteiger partial charge in [0.1, 0.15) is 11.9 Å². The molecule has 4 nitrogen and oxygen atoms in total. The molecule has 2 atom stereocenters. The highest BCUT2D eigenvalue weighted by atomic mass is 19.1. The fourth-order valence-corrected chi connectivity index (χ4v) is 3.95. The van der Waals surface area contributed by atoms with Crippen LogP contribution in [0.5, 0.6) is 0 Å². The topological polar surface area (TPSA) is 40.6 Å². The molecule has 0 bridgehead atoms. The van der Waals surface area contributed by atoms with Gasteiger partial charge in [0.25, 0.3) is 5.91 Å². The van der Waals surface area contributed by atoms with Gasteiger partial charge in [-0.1, -0.05) is 24.3 Å². The maximum absolute atomic E-state index is 13.1. The number of fused-ring (bicyclic) bond motifs is 1. The average molecular weight is 352 g/mol. The van der Waals surface area contributed by atoms with Crippen molar-refractivity contribution in [2.75, 3.05) is 13.1 Å². The first-order valence-corrected chi connectivity index (χ1v) is 9.02. The first kappa shape index (κ1) is 16.8. The molecule has 2 aromatic rings. The number of benzene rings is 2. The summed E-state index contributed by atoms with van der Waals surface area (Å²) < 4.78 is 13.1. The quantitative estimate of drug-likeness (QED) is 0.832. The van der Waals surface area contributed by atoms with Gasteiger partial charge in [-0.15, -0.1) is 0 Å². The lowest BCUT2D eigenvalue weighted by molar-refractivity contribution is -0.141. The van der Waals surface area contributed by atoms with Crippen LogP contribution in [0.1, 0.15) is 30.1 Å². The molecule has 2 saturated heterocycles. The molecule has 0 aliphatic carbocycles. The molecule has 5 heteroatoms. The second-order valence-electron chi connectivity index (χ2n) is 7.05. The van der Waals surface area contributed by atoms with Crippen LogP contribution >= 0.6 is 0 Å². The Balaban J connectivity index is 1.54. The van der Waals surface area contributed by atoms with Crippen molar-refractivity contribution >= 4 is 11.8 Å². The lowest BCUT2D eigenvalue weighted by Crippen LogP contribution is -2.60. The molecule has 0 saturated carbocycles. The molecule has 2 aliphatic rings. The predicted molar refractivity (Wildman–Crippen MR) is 97.1 cm³/mol. The van der Waals surface area contributed by atoms with Crippen molar-refractivity contribution in [3.63, 3.8) is 0 Å². The minimum absolute atomic E-state index is 0.0510. The standard InChI is InChI=1S/C21H21FN2O2/c1-14-20(25)23-12-2-3-19(23)13-24(14)21(26)17-6-4-15(5-7-17)16-8-10-18(22)11-9-16/h4-11,14,19H,2-3,12-13H2,1H3/t14-,19+/m1/s1. The number of hydrogen-bond acceptors (Lipinski definition) is 2. The zero-order valence-electron chi connectivity index (χ0n) is 14.7. The number of rotatable bonds is 2. The third-order valence-corrected chi connectivity index (χ3v) is 5.46. The van der Waals surface area contributed by atoms with Crippen molar-refractivity contribution in [1.82, 2.24) is 9.80 Å². The third-order valence-electron chi connectivity index (χ3n) is 5.46. The van der Waals surface area contributed by atoms with E-state index in [1.807, 2.05) is 24.0 Å². The molecule has 2 aromatic carbocycles. The summed E-state index contributed by atoms with van der Waals surface area (Å²) in [5, 5.41) is 0. The van der Waals surface area contributed by atoms with Crippen molar-refractivity contribution in [3.8, 4) is 11.1 Å². The van der Waals surface area contributed by atoms with Gasteiger partial charge >= 0.3 is 0 Å². The van der Waals surface area contributed by atoms with Crippen LogP contribution in [0.15, 0.2) is 48.5 Å². The van der Waals surface area contributed by atoms with Gasteiger partial charge in [-0.2, -0.15) is 0 Å². The van der Waals surface area contributed by atoms with Gasteiger partial charge in [0.2, 0.25) is 5.91 Å². The van der Waals surface area contributed by atoms with Gasteiger partial charge in [0.15, 0.2) is 0 Å². The highest BCUT2D eigenvalue weighted by Crippen LogP contribution is 2.27. The van der Waals surface area contributed by atoms with E-state index in [2.05, 4.69) is 0 Å². The van der Waals surface area contributed by atoms with E-state index < -0.39 is 6.04 Å². The van der Waals surface area contributed by atoms with Crippen molar-refractivity contribution in [2.24, 2.45) is 0 Å². The Morgan fingerprint density at radius 2 is 1.65 bits per heavy atom. The normalized spacial score (nSPS) is 22.5. The smallest absolute Gasteiger partial charge is 0.254 e. The van der Waals surface area contributed by atoms with E-state index in [-0.39, 0.29) is 23.7 Å². The molecule has 2 heterocycles. The van der Waals surface area contributed by atoms with Crippen molar-refractivity contribution < 1.29 is 14.0 Å². The zero-order chi connectivity index (χ0) is 18.3. The van der Waals surface area contributed by atoms with Crippen LogP contribution in [0.4, 0.5) is 4.39 Å². The molecular formula is C21H21FN2O2. The lowest BCUT2D eigenvalue weighted by atomic mass is 10.0. The monoisotopic (exact) mass is 352 g/mol. The summed E-state index contributed by atoms with van der Waals surface area (Å²) >= 11 is 0. The average Bonchev–Trinajstić information content (AvgIpc) is 3.14. The first-order valence-electron chi connectivity index (χ1n) is 9.02. The van der Waals surface area contributed by atoms with Crippen LogP contribution in [-0.4, -0.2) is 46.8 Å². The second-order valence-corrected chi connectivity index (χ2v) is 7.05. The van der Waals surface area contributed by atoms with E-state index in [4.69, 9.17) is 0 Å². The van der Waals surface area contributed by atoms with E-state index in [1.165, 1.54) is 12.1 Å². The SMILES string of the molecule is C[C@@H]1C(=O)N2CCC[C@H]2CN1C(=O)c1ccc(-c2ccc(F)cc2)cc1. The number of piperazine rings is 1. The Kier molecular flexibility index (Phi) is 4.23. The molecular weight excluding hydrogens is 331 g/mol. The molecule has 134 valence electrons. The van der Waals surface area contributed by atoms with Gasteiger partial charge in [0.05, 0.1) is 0 Å². The Hall–Kier alpha value is -2.69. The molecule has 4 rings (SSSR count). The van der Waals surface area contributed by atoms with Gasteiger partial charge in [-0.25, -0.2) is 4.39 Å². The Labute approximate surface area is 152 Å². The van der Waals surface area contributed by atoms with Gasteiger partial charge in [-0.3, -0.25) is 9.59 Å². The Bertz CT molecular complexity index is 832. The molecule has 0 radical (unpaired) electrons. The Morgan fingerprint density at radius 3 is 2.31 bits per heavy atom. The molecule has 0 N–H and O–H groups in total. The first-order chi connectivity index (χ1) is 12.5. The molecule has 0 unspecified atom stereocenters. The van der Waals surface area contributed by atoms with Crippen LogP contribution < -0.4 is 0 Å². The summed E-state index contributed by atoms with van der Waals surface area (Å²) in [6, 6.07) is 13.3. The lowest BCUT2D eigenvalue weighted by Gasteiger charge is -2.41. The molecule has 0 aromatic heterocycles. The van der Waals surface area contributed by atoms with E-state index in [1.54, 1.807) is 29.2 Å². The number of halogens is 1. The third kappa shape index (κ3) is 2.87. The summed E-state index contributed by atoms with van der Waals surface area (Å²) in [4.78, 5) is 29.1. The molecule has 2 fully saturated rings. The number of amides is 2. The number of carbonyl (C=O) groups is 2. The van der Waals surface area contributed by atoms with Crippen molar-refractivity contribution in [1.29, 1.82) is 0 Å². The highest BCUT2D eigenvalue weighted by Gasteiger charge is 2.42. The van der Waals surface area contributed by atoms with Crippen LogP contribution in [-0.2, 0) is 4.79 Å². The van der Waals surface area contributed by atoms with Crippen LogP contribution in [0, 0.1) is 5.82 Å². The maximum atomic E-state index is 13.1. The predicted octanol–water partition coefficient (Wildman–Crippen LogP) is 3.33. The van der Waals surface area contributed by atoms with Crippen molar-refractivity contribution in [2.45, 2.75) is 31.8 Å². The fourth-order valence-electron chi connectivity index (χ4n) is 3.95. The van der Waals surface area contributed by atoms with Crippen LogP contribution in [0.25, 0.3) is 11.1 Å². The summed E-state index contributed by atoms with van der Waals surface area (Å²) in [5.41, 5.74) is 2.39. The molecule has 0 spiro atoms. The fraction of sp³-hybridized carbons (Fsp3) is 0.333. The second kappa shape index (κ2) is 6.56. The van der Waals surface area contributed by atoms with Crippen molar-refractivity contribution in [3.05, 3.63) is 59.9 Å². The molecule has 2 amide bonds. The van der Waals surface area contributed by atoms with Gasteiger partial charge in [0, 0.05) is 24.7 Å². The minimum atomic E-state index is -0.423. The van der Waals surface area contributed by atoms with Crippen LogP contribution in [0.2, 0.25) is 0 Å². The Morgan fingerprint density at radius 1 is 1.04 bits per heavy atom. The van der Waals surface area contributed by atoms with Gasteiger partial charge in [-0.05, 0) is 55.2 Å². The zero-order valence-corrected chi connectivity index (χ0v) is 14.7. The maximum Gasteiger partial charge on any atom is 0.254 e. The summed E-state index contributed by atoms with van der Waals surface area (Å²) in [6.45, 7) is 3.22. The van der Waals surface area contributed by atoms with E-state index >= 15 is 0 Å². The van der Waals surface area contributed by atoms with E-state index in [9.17, 15) is 14.0 Å². The molecule has 26 heavy (non-hydrogen) atoms. The number of carbonyl (C=O) groups excluding carboxylic acids is 2.